The maximum Gasteiger partial charge on any atom is 0.239 e. The monoisotopic (exact) mass is 283 g/mol. The minimum Gasteiger partial charge on any atom is -0.493 e. The van der Waals surface area contributed by atoms with Gasteiger partial charge in [-0.2, -0.15) is 0 Å². The Morgan fingerprint density at radius 1 is 1.20 bits per heavy atom. The van der Waals surface area contributed by atoms with Crippen molar-refractivity contribution in [1.29, 1.82) is 0 Å². The molecule has 0 atom stereocenters. The first kappa shape index (κ1) is 15.9. The average molecular weight is 283 g/mol. The summed E-state index contributed by atoms with van der Waals surface area (Å²) in [7, 11) is 4.65. The van der Waals surface area contributed by atoms with E-state index >= 15 is 0 Å². The molecule has 0 radical (unpaired) electrons. The molecular formula is C13H21N3O4. The third kappa shape index (κ3) is 4.51. The fourth-order valence-corrected chi connectivity index (χ4v) is 1.58. The fraction of sp³-hybridized carbons (Fsp3) is 0.462. The second-order valence-electron chi connectivity index (χ2n) is 3.99. The molecule has 0 aliphatic heterocycles. The van der Waals surface area contributed by atoms with Crippen LogP contribution in [0.5, 0.6) is 11.5 Å². The molecule has 1 rings (SSSR count). The van der Waals surface area contributed by atoms with Crippen LogP contribution in [0.25, 0.3) is 0 Å². The van der Waals surface area contributed by atoms with Gasteiger partial charge in [0.2, 0.25) is 5.91 Å². The number of rotatable bonds is 8. The minimum absolute atomic E-state index is 0.114. The molecule has 1 aromatic carbocycles. The number of nitrogen functional groups attached to an aromatic ring is 1. The number of carbonyl (C=O) groups is 1. The number of hydrogen-bond donors (Lipinski definition) is 3. The lowest BCUT2D eigenvalue weighted by molar-refractivity contribution is -0.119. The Kier molecular flexibility index (Phi) is 6.45. The van der Waals surface area contributed by atoms with Crippen molar-refractivity contribution >= 4 is 17.3 Å². The molecule has 0 saturated carbocycles. The smallest absolute Gasteiger partial charge is 0.239 e. The first-order valence-electron chi connectivity index (χ1n) is 6.13. The maximum absolute atomic E-state index is 11.6. The topological polar surface area (TPSA) is 94.8 Å². The average Bonchev–Trinajstić information content (AvgIpc) is 2.45. The van der Waals surface area contributed by atoms with Gasteiger partial charge in [0.05, 0.1) is 38.7 Å². The van der Waals surface area contributed by atoms with Gasteiger partial charge in [-0.25, -0.2) is 0 Å². The van der Waals surface area contributed by atoms with Crippen LogP contribution < -0.4 is 25.8 Å². The number of carbonyl (C=O) groups excluding carboxylic acids is 1. The van der Waals surface area contributed by atoms with Crippen molar-refractivity contribution in [1.82, 2.24) is 5.32 Å². The second kappa shape index (κ2) is 8.11. The molecule has 7 nitrogen and oxygen atoms in total. The number of methoxy groups -OCH3 is 3. The zero-order valence-electron chi connectivity index (χ0n) is 12.0. The summed E-state index contributed by atoms with van der Waals surface area (Å²) in [6.07, 6.45) is 0. The van der Waals surface area contributed by atoms with Gasteiger partial charge in [-0.1, -0.05) is 0 Å². The lowest BCUT2D eigenvalue weighted by Crippen LogP contribution is -2.32. The highest BCUT2D eigenvalue weighted by Crippen LogP contribution is 2.34. The van der Waals surface area contributed by atoms with Crippen LogP contribution in [0, 0.1) is 0 Å². The van der Waals surface area contributed by atoms with Crippen molar-refractivity contribution in [2.45, 2.75) is 0 Å². The van der Waals surface area contributed by atoms with Crippen LogP contribution in [0.2, 0.25) is 0 Å². The molecule has 0 aromatic heterocycles. The standard InChI is InChI=1S/C13H21N3O4/c1-18-5-4-15-13(17)8-16-10-7-12(20-3)11(19-2)6-9(10)14/h6-7,16H,4-5,8,14H2,1-3H3,(H,15,17). The minimum atomic E-state index is -0.142. The highest BCUT2D eigenvalue weighted by molar-refractivity contribution is 5.83. The molecule has 0 saturated heterocycles. The Morgan fingerprint density at radius 2 is 1.85 bits per heavy atom. The van der Waals surface area contributed by atoms with Crippen LogP contribution in [-0.2, 0) is 9.53 Å². The third-order valence-corrected chi connectivity index (χ3v) is 2.62. The lowest BCUT2D eigenvalue weighted by Gasteiger charge is -2.14. The SMILES string of the molecule is COCCNC(=O)CNc1cc(OC)c(OC)cc1N. The van der Waals surface area contributed by atoms with Crippen LogP contribution in [0.3, 0.4) is 0 Å². The number of amides is 1. The molecule has 0 spiro atoms. The molecule has 20 heavy (non-hydrogen) atoms. The molecule has 112 valence electrons. The van der Waals surface area contributed by atoms with Crippen LogP contribution >= 0.6 is 0 Å². The molecule has 4 N–H and O–H groups in total. The van der Waals surface area contributed by atoms with Gasteiger partial charge in [0.25, 0.3) is 0 Å². The predicted molar refractivity (Wildman–Crippen MR) is 77.3 cm³/mol. The van der Waals surface area contributed by atoms with Crippen molar-refractivity contribution in [3.8, 4) is 11.5 Å². The lowest BCUT2D eigenvalue weighted by atomic mass is 10.2. The van der Waals surface area contributed by atoms with Crippen LogP contribution in [0.1, 0.15) is 0 Å². The molecular weight excluding hydrogens is 262 g/mol. The van der Waals surface area contributed by atoms with Gasteiger partial charge in [-0.3, -0.25) is 4.79 Å². The van der Waals surface area contributed by atoms with Crippen molar-refractivity contribution in [3.05, 3.63) is 12.1 Å². The molecule has 0 heterocycles. The zero-order chi connectivity index (χ0) is 15.0. The van der Waals surface area contributed by atoms with E-state index in [1.807, 2.05) is 0 Å². The molecule has 7 heteroatoms. The van der Waals surface area contributed by atoms with Crippen LogP contribution in [-0.4, -0.2) is 46.9 Å². The first-order valence-corrected chi connectivity index (χ1v) is 6.13. The third-order valence-electron chi connectivity index (χ3n) is 2.62. The molecule has 0 aliphatic rings. The quantitative estimate of drug-likeness (QED) is 0.474. The number of nitrogens with one attached hydrogen (secondary N) is 2. The van der Waals surface area contributed by atoms with Crippen molar-refractivity contribution < 1.29 is 19.0 Å². The van der Waals surface area contributed by atoms with E-state index in [-0.39, 0.29) is 12.5 Å². The molecule has 1 aromatic rings. The number of ether oxygens (including phenoxy) is 3. The van der Waals surface area contributed by atoms with Gasteiger partial charge < -0.3 is 30.6 Å². The summed E-state index contributed by atoms with van der Waals surface area (Å²) in [6, 6.07) is 3.33. The molecule has 0 bridgehead atoms. The molecule has 1 amide bonds. The second-order valence-corrected chi connectivity index (χ2v) is 3.99. The number of anilines is 2. The number of nitrogens with two attached hydrogens (primary N) is 1. The summed E-state index contributed by atoms with van der Waals surface area (Å²) in [5, 5.41) is 5.65. The zero-order valence-corrected chi connectivity index (χ0v) is 12.0. The summed E-state index contributed by atoms with van der Waals surface area (Å²) < 4.78 is 15.2. The van der Waals surface area contributed by atoms with E-state index in [0.717, 1.165) is 0 Å². The normalized spacial score (nSPS) is 9.95. The fourth-order valence-electron chi connectivity index (χ4n) is 1.58. The predicted octanol–water partition coefficient (Wildman–Crippen LogP) is 0.461. The summed E-state index contributed by atoms with van der Waals surface area (Å²) in [4.78, 5) is 11.6. The van der Waals surface area contributed by atoms with Crippen LogP contribution in [0.4, 0.5) is 11.4 Å². The number of hydrogen-bond acceptors (Lipinski definition) is 6. The summed E-state index contributed by atoms with van der Waals surface area (Å²) in [6.45, 7) is 1.06. The highest BCUT2D eigenvalue weighted by Gasteiger charge is 2.10. The Morgan fingerprint density at radius 3 is 2.45 bits per heavy atom. The van der Waals surface area contributed by atoms with E-state index < -0.39 is 0 Å². The Balaban J connectivity index is 2.61. The van der Waals surface area contributed by atoms with E-state index in [4.69, 9.17) is 19.9 Å². The van der Waals surface area contributed by atoms with Gasteiger partial charge in [-0.05, 0) is 0 Å². The van der Waals surface area contributed by atoms with E-state index in [9.17, 15) is 4.79 Å². The Labute approximate surface area is 118 Å². The summed E-state index contributed by atoms with van der Waals surface area (Å²) >= 11 is 0. The Bertz CT molecular complexity index is 451. The van der Waals surface area contributed by atoms with Crippen molar-refractivity contribution in [2.75, 3.05) is 52.1 Å². The van der Waals surface area contributed by atoms with E-state index in [0.29, 0.717) is 36.0 Å². The van der Waals surface area contributed by atoms with Crippen molar-refractivity contribution in [3.63, 3.8) is 0 Å². The maximum atomic E-state index is 11.6. The highest BCUT2D eigenvalue weighted by atomic mass is 16.5. The van der Waals surface area contributed by atoms with Gasteiger partial charge in [0, 0.05) is 25.8 Å². The van der Waals surface area contributed by atoms with Gasteiger partial charge in [0.1, 0.15) is 0 Å². The summed E-state index contributed by atoms with van der Waals surface area (Å²) in [5.74, 6) is 0.945. The first-order chi connectivity index (χ1) is 9.62. The van der Waals surface area contributed by atoms with Crippen molar-refractivity contribution in [2.24, 2.45) is 0 Å². The van der Waals surface area contributed by atoms with Gasteiger partial charge in [0.15, 0.2) is 11.5 Å². The molecule has 0 aliphatic carbocycles. The van der Waals surface area contributed by atoms with Gasteiger partial charge in [-0.15, -0.1) is 0 Å². The van der Waals surface area contributed by atoms with E-state index in [2.05, 4.69) is 10.6 Å². The van der Waals surface area contributed by atoms with E-state index in [1.165, 1.54) is 14.2 Å². The van der Waals surface area contributed by atoms with Crippen LogP contribution in [0.15, 0.2) is 12.1 Å². The van der Waals surface area contributed by atoms with Gasteiger partial charge >= 0.3 is 0 Å². The summed E-state index contributed by atoms with van der Waals surface area (Å²) in [5.41, 5.74) is 6.97. The van der Waals surface area contributed by atoms with E-state index in [1.54, 1.807) is 19.2 Å². The molecule has 0 unspecified atom stereocenters. The molecule has 0 fully saturated rings. The number of benzene rings is 1. The Hall–Kier alpha value is -2.15. The largest absolute Gasteiger partial charge is 0.493 e.